The standard InChI is InChI=1S/C31H37N7O3/c1-20(39)38-14-13-28-27(18-38)31(35-25-11-9-21(10-12-25)23-16-32-33-17-23)37-30(36-28)22-5-4-8-26(15-22)41-19-29(40)34-24-6-2-3-7-24/h4-5,8-12,15,23-24,32-33H,2-3,6-7,13-14,16-19H2,1H3,(H,34,40)(H,35,36,37). The van der Waals surface area contributed by atoms with E-state index in [1.54, 1.807) is 6.92 Å². The largest absolute Gasteiger partial charge is 0.484 e. The number of benzene rings is 2. The van der Waals surface area contributed by atoms with E-state index in [9.17, 15) is 9.59 Å². The molecule has 0 spiro atoms. The van der Waals surface area contributed by atoms with Gasteiger partial charge in [0, 0.05) is 61.8 Å². The van der Waals surface area contributed by atoms with Crippen molar-refractivity contribution in [3.05, 3.63) is 65.4 Å². The predicted molar refractivity (Wildman–Crippen MR) is 157 cm³/mol. The number of ether oxygens (including phenoxy) is 1. The quantitative estimate of drug-likeness (QED) is 0.334. The molecule has 6 rings (SSSR count). The molecule has 0 unspecified atom stereocenters. The number of aromatic nitrogens is 2. The van der Waals surface area contributed by atoms with Crippen LogP contribution in [0.5, 0.6) is 5.75 Å². The molecule has 1 saturated carbocycles. The SMILES string of the molecule is CC(=O)N1CCc2nc(-c3cccc(OCC(=O)NC4CCCC4)c3)nc(Nc3ccc(C4CNNC4)cc3)c2C1. The summed E-state index contributed by atoms with van der Waals surface area (Å²) in [5, 5.41) is 6.56. The second-order valence-electron chi connectivity index (χ2n) is 11.1. The number of amides is 2. The summed E-state index contributed by atoms with van der Waals surface area (Å²) in [5.41, 5.74) is 11.2. The zero-order valence-corrected chi connectivity index (χ0v) is 23.4. The molecule has 10 heteroatoms. The van der Waals surface area contributed by atoms with Gasteiger partial charge in [0.25, 0.3) is 5.91 Å². The molecule has 4 N–H and O–H groups in total. The number of carbonyl (C=O) groups excluding carboxylic acids is 2. The first-order chi connectivity index (χ1) is 20.0. The first-order valence-electron chi connectivity index (χ1n) is 14.5. The van der Waals surface area contributed by atoms with Gasteiger partial charge in [-0.1, -0.05) is 37.1 Å². The average molecular weight is 556 g/mol. The summed E-state index contributed by atoms with van der Waals surface area (Å²) in [6, 6.07) is 16.2. The highest BCUT2D eigenvalue weighted by atomic mass is 16.5. The molecule has 0 atom stereocenters. The molecule has 214 valence electrons. The Kier molecular flexibility index (Phi) is 8.11. The Labute approximate surface area is 240 Å². The fourth-order valence-corrected chi connectivity index (χ4v) is 5.80. The first kappa shape index (κ1) is 27.2. The van der Waals surface area contributed by atoms with Crippen LogP contribution in [0.3, 0.4) is 0 Å². The van der Waals surface area contributed by atoms with Gasteiger partial charge in [-0.2, -0.15) is 0 Å². The fraction of sp³-hybridized carbons (Fsp3) is 0.419. The van der Waals surface area contributed by atoms with Gasteiger partial charge < -0.3 is 20.3 Å². The van der Waals surface area contributed by atoms with E-state index in [1.807, 2.05) is 29.2 Å². The minimum atomic E-state index is -0.0969. The van der Waals surface area contributed by atoms with Crippen LogP contribution in [0.25, 0.3) is 11.4 Å². The van der Waals surface area contributed by atoms with Gasteiger partial charge >= 0.3 is 0 Å². The lowest BCUT2D eigenvalue weighted by Crippen LogP contribution is -2.36. The second kappa shape index (κ2) is 12.2. The first-order valence-corrected chi connectivity index (χ1v) is 14.5. The van der Waals surface area contributed by atoms with E-state index in [0.29, 0.717) is 42.8 Å². The monoisotopic (exact) mass is 555 g/mol. The van der Waals surface area contributed by atoms with Crippen LogP contribution < -0.4 is 26.2 Å². The van der Waals surface area contributed by atoms with E-state index < -0.39 is 0 Å². The van der Waals surface area contributed by atoms with Crippen LogP contribution in [-0.2, 0) is 22.6 Å². The normalized spacial score (nSPS) is 17.3. The van der Waals surface area contributed by atoms with Gasteiger partial charge in [0.05, 0.1) is 12.2 Å². The maximum absolute atomic E-state index is 12.4. The molecule has 0 radical (unpaired) electrons. The molecule has 3 aromatic rings. The van der Waals surface area contributed by atoms with Crippen molar-refractivity contribution < 1.29 is 14.3 Å². The lowest BCUT2D eigenvalue weighted by atomic mass is 10.00. The lowest BCUT2D eigenvalue weighted by molar-refractivity contribution is -0.129. The number of carbonyl (C=O) groups is 2. The maximum atomic E-state index is 12.4. The number of nitrogens with one attached hydrogen (secondary N) is 4. The Balaban J connectivity index is 1.23. The summed E-state index contributed by atoms with van der Waals surface area (Å²) < 4.78 is 5.84. The van der Waals surface area contributed by atoms with Gasteiger partial charge in [0.2, 0.25) is 5.91 Å². The van der Waals surface area contributed by atoms with E-state index in [2.05, 4.69) is 45.8 Å². The predicted octanol–water partition coefficient (Wildman–Crippen LogP) is 3.42. The Hall–Kier alpha value is -4.02. The number of anilines is 2. The van der Waals surface area contributed by atoms with Crippen LogP contribution in [0, 0.1) is 0 Å². The fourth-order valence-electron chi connectivity index (χ4n) is 5.80. The van der Waals surface area contributed by atoms with E-state index >= 15 is 0 Å². The molecule has 2 aromatic carbocycles. The van der Waals surface area contributed by atoms with Crippen molar-refractivity contribution in [2.75, 3.05) is 31.6 Å². The summed E-state index contributed by atoms with van der Waals surface area (Å²) in [6.45, 7) is 4.47. The zero-order chi connectivity index (χ0) is 28.2. The number of hydrazine groups is 1. The Morgan fingerprint density at radius 1 is 1.05 bits per heavy atom. The lowest BCUT2D eigenvalue weighted by Gasteiger charge is -2.29. The van der Waals surface area contributed by atoms with Crippen LogP contribution in [-0.4, -0.2) is 59.0 Å². The second-order valence-corrected chi connectivity index (χ2v) is 11.1. The van der Waals surface area contributed by atoms with Crippen molar-refractivity contribution in [1.29, 1.82) is 0 Å². The van der Waals surface area contributed by atoms with Gasteiger partial charge in [-0.15, -0.1) is 0 Å². The minimum Gasteiger partial charge on any atom is -0.484 e. The van der Waals surface area contributed by atoms with Crippen molar-refractivity contribution >= 4 is 23.3 Å². The third-order valence-corrected chi connectivity index (χ3v) is 8.15. The summed E-state index contributed by atoms with van der Waals surface area (Å²) >= 11 is 0. The van der Waals surface area contributed by atoms with Crippen LogP contribution in [0.15, 0.2) is 48.5 Å². The minimum absolute atomic E-state index is 0.0261. The molecule has 2 aliphatic heterocycles. The van der Waals surface area contributed by atoms with Crippen LogP contribution in [0.4, 0.5) is 11.5 Å². The van der Waals surface area contributed by atoms with Crippen molar-refractivity contribution in [3.63, 3.8) is 0 Å². The molecular weight excluding hydrogens is 518 g/mol. The summed E-state index contributed by atoms with van der Waals surface area (Å²) in [7, 11) is 0. The van der Waals surface area contributed by atoms with Gasteiger partial charge in [0.15, 0.2) is 12.4 Å². The van der Waals surface area contributed by atoms with Crippen molar-refractivity contribution in [1.82, 2.24) is 31.0 Å². The number of hydrogen-bond acceptors (Lipinski definition) is 8. The van der Waals surface area contributed by atoms with E-state index in [4.69, 9.17) is 14.7 Å². The third-order valence-electron chi connectivity index (χ3n) is 8.15. The Bertz CT molecular complexity index is 1400. The molecule has 1 saturated heterocycles. The molecule has 3 heterocycles. The van der Waals surface area contributed by atoms with E-state index in [1.165, 1.54) is 18.4 Å². The molecule has 0 bridgehead atoms. The van der Waals surface area contributed by atoms with Gasteiger partial charge in [0.1, 0.15) is 11.6 Å². The highest BCUT2D eigenvalue weighted by Crippen LogP contribution is 2.31. The zero-order valence-electron chi connectivity index (χ0n) is 23.4. The number of nitrogens with zero attached hydrogens (tertiary/aromatic N) is 3. The van der Waals surface area contributed by atoms with Crippen LogP contribution >= 0.6 is 0 Å². The van der Waals surface area contributed by atoms with Crippen LogP contribution in [0.2, 0.25) is 0 Å². The summed E-state index contributed by atoms with van der Waals surface area (Å²) in [5.74, 6) is 2.23. The molecule has 10 nitrogen and oxygen atoms in total. The third kappa shape index (κ3) is 6.49. The van der Waals surface area contributed by atoms with Gasteiger partial charge in [-0.05, 0) is 42.7 Å². The molecule has 3 aliphatic rings. The Morgan fingerprint density at radius 3 is 2.59 bits per heavy atom. The van der Waals surface area contributed by atoms with Crippen molar-refractivity contribution in [3.8, 4) is 17.1 Å². The smallest absolute Gasteiger partial charge is 0.258 e. The Morgan fingerprint density at radius 2 is 1.83 bits per heavy atom. The van der Waals surface area contributed by atoms with Crippen molar-refractivity contribution in [2.24, 2.45) is 0 Å². The summed E-state index contributed by atoms with van der Waals surface area (Å²) in [6.07, 6.45) is 5.06. The topological polar surface area (TPSA) is 121 Å². The van der Waals surface area contributed by atoms with Crippen molar-refractivity contribution in [2.45, 2.75) is 57.5 Å². The number of fused-ring (bicyclic) bond motifs is 1. The number of rotatable bonds is 8. The molecule has 2 amide bonds. The molecular formula is C31H37N7O3. The molecule has 1 aliphatic carbocycles. The molecule has 1 aromatic heterocycles. The molecule has 2 fully saturated rings. The van der Waals surface area contributed by atoms with Gasteiger partial charge in [-0.25, -0.2) is 9.97 Å². The number of hydrogen-bond donors (Lipinski definition) is 4. The summed E-state index contributed by atoms with van der Waals surface area (Å²) in [4.78, 5) is 36.2. The highest BCUT2D eigenvalue weighted by Gasteiger charge is 2.25. The van der Waals surface area contributed by atoms with Gasteiger partial charge in [-0.3, -0.25) is 20.4 Å². The molecule has 41 heavy (non-hydrogen) atoms. The van der Waals surface area contributed by atoms with Crippen LogP contribution in [0.1, 0.15) is 55.3 Å². The maximum Gasteiger partial charge on any atom is 0.258 e. The average Bonchev–Trinajstić information content (AvgIpc) is 3.71. The van der Waals surface area contributed by atoms with E-state index in [0.717, 1.165) is 48.4 Å². The highest BCUT2D eigenvalue weighted by molar-refractivity contribution is 5.78. The van der Waals surface area contributed by atoms with E-state index in [-0.39, 0.29) is 24.5 Å².